The molecule has 22 heavy (non-hydrogen) atoms. The minimum absolute atomic E-state index is 0.145. The Bertz CT molecular complexity index is 637. The summed E-state index contributed by atoms with van der Waals surface area (Å²) in [6.07, 6.45) is 3.37. The highest BCUT2D eigenvalue weighted by Crippen LogP contribution is 2.42. The fourth-order valence-electron chi connectivity index (χ4n) is 2.75. The van der Waals surface area contributed by atoms with E-state index in [0.717, 1.165) is 31.5 Å². The van der Waals surface area contributed by atoms with Crippen LogP contribution in [0.3, 0.4) is 0 Å². The second-order valence-corrected chi connectivity index (χ2v) is 6.77. The molecule has 1 aromatic rings. The monoisotopic (exact) mass is 303 g/mol. The van der Waals surface area contributed by atoms with Crippen LogP contribution in [0.25, 0.3) is 0 Å². The molecular weight excluding hydrogens is 282 g/mol. The molecule has 118 valence electrons. The third-order valence-corrected chi connectivity index (χ3v) is 3.99. The van der Waals surface area contributed by atoms with Crippen molar-refractivity contribution < 1.29 is 19.4 Å². The van der Waals surface area contributed by atoms with Crippen LogP contribution in [-0.2, 0) is 10.2 Å². The predicted molar refractivity (Wildman–Crippen MR) is 82.0 cm³/mol. The van der Waals surface area contributed by atoms with E-state index in [4.69, 9.17) is 9.47 Å². The maximum Gasteiger partial charge on any atom is 0.292 e. The number of nitrogens with zero attached hydrogens (tertiary/aromatic N) is 1. The topological polar surface area (TPSA) is 59.0 Å². The molecule has 1 amide bonds. The van der Waals surface area contributed by atoms with Crippen molar-refractivity contribution in [3.63, 3.8) is 0 Å². The number of ether oxygens (including phenoxy) is 2. The Hall–Kier alpha value is -2.17. The average Bonchev–Trinajstić information content (AvgIpc) is 2.98. The number of hydrogen-bond donors (Lipinski definition) is 1. The van der Waals surface area contributed by atoms with Crippen LogP contribution in [0.5, 0.6) is 17.2 Å². The summed E-state index contributed by atoms with van der Waals surface area (Å²) < 4.78 is 11.2. The van der Waals surface area contributed by atoms with Crippen molar-refractivity contribution in [2.45, 2.75) is 39.0 Å². The normalized spacial score (nSPS) is 17.4. The molecular formula is C17H21NO4. The summed E-state index contributed by atoms with van der Waals surface area (Å²) in [5.74, 6) is 1.10. The van der Waals surface area contributed by atoms with Gasteiger partial charge in [0.05, 0.1) is 0 Å². The highest BCUT2D eigenvalue weighted by Gasteiger charge is 2.29. The number of carbonyl (C=O) groups is 1. The fraction of sp³-hybridized carbons (Fsp3) is 0.471. The number of aromatic hydroxyl groups is 1. The van der Waals surface area contributed by atoms with Crippen LogP contribution in [0.4, 0.5) is 0 Å². The molecule has 1 N–H and O–H groups in total. The van der Waals surface area contributed by atoms with Crippen LogP contribution < -0.4 is 9.47 Å². The van der Waals surface area contributed by atoms with E-state index < -0.39 is 0 Å². The molecule has 5 nitrogen and oxygen atoms in total. The highest BCUT2D eigenvalue weighted by atomic mass is 16.6. The van der Waals surface area contributed by atoms with Gasteiger partial charge >= 0.3 is 0 Å². The Morgan fingerprint density at radius 1 is 1.18 bits per heavy atom. The van der Waals surface area contributed by atoms with E-state index in [1.807, 2.05) is 20.8 Å². The van der Waals surface area contributed by atoms with Crippen molar-refractivity contribution in [3.05, 3.63) is 29.7 Å². The minimum atomic E-state index is -0.233. The van der Waals surface area contributed by atoms with Gasteiger partial charge < -0.3 is 19.5 Å². The first-order valence-electron chi connectivity index (χ1n) is 7.58. The van der Waals surface area contributed by atoms with Gasteiger partial charge in [0.25, 0.3) is 5.91 Å². The molecule has 3 rings (SSSR count). The molecule has 0 aliphatic carbocycles. The van der Waals surface area contributed by atoms with Crippen molar-refractivity contribution >= 4 is 5.91 Å². The molecule has 0 aromatic heterocycles. The van der Waals surface area contributed by atoms with Crippen molar-refractivity contribution in [2.24, 2.45) is 0 Å². The number of fused-ring (bicyclic) bond motifs is 1. The minimum Gasteiger partial charge on any atom is -0.508 e. The zero-order valence-electron chi connectivity index (χ0n) is 13.2. The van der Waals surface area contributed by atoms with Crippen molar-refractivity contribution in [1.82, 2.24) is 4.90 Å². The summed E-state index contributed by atoms with van der Waals surface area (Å²) in [6.45, 7) is 7.53. The molecule has 5 heteroatoms. The largest absolute Gasteiger partial charge is 0.508 e. The summed E-state index contributed by atoms with van der Waals surface area (Å²) in [6, 6.07) is 3.28. The maximum absolute atomic E-state index is 12.4. The molecule has 0 radical (unpaired) electrons. The van der Waals surface area contributed by atoms with Crippen LogP contribution in [-0.4, -0.2) is 29.0 Å². The van der Waals surface area contributed by atoms with Gasteiger partial charge in [0, 0.05) is 24.7 Å². The Morgan fingerprint density at radius 2 is 1.86 bits per heavy atom. The van der Waals surface area contributed by atoms with Gasteiger partial charge in [-0.3, -0.25) is 4.79 Å². The third-order valence-electron chi connectivity index (χ3n) is 3.99. The average molecular weight is 303 g/mol. The van der Waals surface area contributed by atoms with E-state index in [0.29, 0.717) is 11.5 Å². The maximum atomic E-state index is 12.4. The van der Waals surface area contributed by atoms with Gasteiger partial charge in [-0.05, 0) is 24.3 Å². The van der Waals surface area contributed by atoms with Crippen LogP contribution in [0, 0.1) is 0 Å². The van der Waals surface area contributed by atoms with Gasteiger partial charge in [0.1, 0.15) is 12.0 Å². The molecule has 1 aromatic carbocycles. The first-order chi connectivity index (χ1) is 10.4. The summed E-state index contributed by atoms with van der Waals surface area (Å²) in [7, 11) is 0. The standard InChI is InChI=1S/C17H21NO4/c1-17(2,3)11-8-14-13(9-12(11)19)21-10-15(22-14)16(20)18-6-4-5-7-18/h8-10,19H,4-7H2,1-3H3. The van der Waals surface area contributed by atoms with E-state index in [1.165, 1.54) is 12.3 Å². The molecule has 0 bridgehead atoms. The predicted octanol–water partition coefficient (Wildman–Crippen LogP) is 2.92. The smallest absolute Gasteiger partial charge is 0.292 e. The van der Waals surface area contributed by atoms with Gasteiger partial charge in [0.15, 0.2) is 11.5 Å². The molecule has 0 saturated carbocycles. The lowest BCUT2D eigenvalue weighted by atomic mass is 9.86. The molecule has 2 aliphatic rings. The number of benzene rings is 1. The second-order valence-electron chi connectivity index (χ2n) is 6.77. The summed E-state index contributed by atoms with van der Waals surface area (Å²) in [5, 5.41) is 10.1. The van der Waals surface area contributed by atoms with E-state index in [-0.39, 0.29) is 22.8 Å². The molecule has 0 spiro atoms. The van der Waals surface area contributed by atoms with Gasteiger partial charge in [-0.15, -0.1) is 0 Å². The lowest BCUT2D eigenvalue weighted by molar-refractivity contribution is -0.128. The fourth-order valence-corrected chi connectivity index (χ4v) is 2.75. The SMILES string of the molecule is CC(C)(C)c1cc2c(cc1O)OC=C(C(=O)N1CCCC1)O2. The Balaban J connectivity index is 1.87. The number of phenolic OH excluding ortho intramolecular Hbond substituents is 1. The molecule has 2 heterocycles. The molecule has 1 saturated heterocycles. The zero-order valence-corrected chi connectivity index (χ0v) is 13.2. The number of phenols is 1. The van der Waals surface area contributed by atoms with Crippen LogP contribution in [0.1, 0.15) is 39.2 Å². The zero-order chi connectivity index (χ0) is 15.9. The summed E-state index contributed by atoms with van der Waals surface area (Å²) >= 11 is 0. The Morgan fingerprint density at radius 3 is 2.50 bits per heavy atom. The molecule has 2 aliphatic heterocycles. The summed E-state index contributed by atoms with van der Waals surface area (Å²) in [5.41, 5.74) is 0.521. The van der Waals surface area contributed by atoms with Crippen LogP contribution in [0.15, 0.2) is 24.2 Å². The van der Waals surface area contributed by atoms with E-state index in [9.17, 15) is 9.90 Å². The van der Waals surface area contributed by atoms with Gasteiger partial charge in [-0.1, -0.05) is 20.8 Å². The molecule has 1 fully saturated rings. The highest BCUT2D eigenvalue weighted by molar-refractivity contribution is 5.92. The number of hydrogen-bond acceptors (Lipinski definition) is 4. The first-order valence-corrected chi connectivity index (χ1v) is 7.58. The quantitative estimate of drug-likeness (QED) is 0.866. The first kappa shape index (κ1) is 14.8. The second kappa shape index (κ2) is 5.23. The lowest BCUT2D eigenvalue weighted by Crippen LogP contribution is -2.32. The van der Waals surface area contributed by atoms with E-state index in [2.05, 4.69) is 0 Å². The summed E-state index contributed by atoms with van der Waals surface area (Å²) in [4.78, 5) is 14.1. The van der Waals surface area contributed by atoms with E-state index >= 15 is 0 Å². The number of likely N-dealkylation sites (tertiary alicyclic amines) is 1. The van der Waals surface area contributed by atoms with Gasteiger partial charge in [-0.2, -0.15) is 0 Å². The van der Waals surface area contributed by atoms with E-state index in [1.54, 1.807) is 11.0 Å². The van der Waals surface area contributed by atoms with Crippen molar-refractivity contribution in [1.29, 1.82) is 0 Å². The number of amides is 1. The van der Waals surface area contributed by atoms with Crippen molar-refractivity contribution in [3.8, 4) is 17.2 Å². The Labute approximate surface area is 130 Å². The van der Waals surface area contributed by atoms with Crippen LogP contribution >= 0.6 is 0 Å². The Kier molecular flexibility index (Phi) is 3.51. The van der Waals surface area contributed by atoms with Crippen molar-refractivity contribution in [2.75, 3.05) is 13.1 Å². The van der Waals surface area contributed by atoms with Crippen LogP contribution in [0.2, 0.25) is 0 Å². The number of rotatable bonds is 1. The molecule has 0 unspecified atom stereocenters. The van der Waals surface area contributed by atoms with Gasteiger partial charge in [-0.25, -0.2) is 0 Å². The third kappa shape index (κ3) is 2.63. The number of carbonyl (C=O) groups excluding carboxylic acids is 1. The van der Waals surface area contributed by atoms with Gasteiger partial charge in [0.2, 0.25) is 5.76 Å². The lowest BCUT2D eigenvalue weighted by Gasteiger charge is -2.25. The molecule has 0 atom stereocenters.